The van der Waals surface area contributed by atoms with Crippen LogP contribution in [0.2, 0.25) is 10.0 Å². The van der Waals surface area contributed by atoms with Gasteiger partial charge in [-0.15, -0.1) is 0 Å². The van der Waals surface area contributed by atoms with Crippen LogP contribution in [-0.4, -0.2) is 5.11 Å². The van der Waals surface area contributed by atoms with E-state index in [0.717, 1.165) is 6.07 Å². The third-order valence-electron chi connectivity index (χ3n) is 1.09. The molecule has 1 rings (SSSR count). The fraction of sp³-hybridized carbons (Fsp3) is 0. The second-order valence-electron chi connectivity index (χ2n) is 1.82. The Balaban J connectivity index is 3.46. The lowest BCUT2D eigenvalue weighted by Gasteiger charge is -2.02. The van der Waals surface area contributed by atoms with Gasteiger partial charge in [0.2, 0.25) is 0 Å². The summed E-state index contributed by atoms with van der Waals surface area (Å²) in [6.45, 7) is 0. The minimum Gasteiger partial charge on any atom is -0.505 e. The highest BCUT2D eigenvalue weighted by molar-refractivity contribution is 9.10. The first-order valence-electron chi connectivity index (χ1n) is 2.56. The number of hydrogen-bond acceptors (Lipinski definition) is 1. The Kier molecular flexibility index (Phi) is 2.62. The largest absolute Gasteiger partial charge is 0.505 e. The van der Waals surface area contributed by atoms with Crippen LogP contribution in [0.1, 0.15) is 0 Å². The van der Waals surface area contributed by atoms with Gasteiger partial charge in [-0.3, -0.25) is 0 Å². The maximum Gasteiger partial charge on any atom is 0.154 e. The molecule has 0 atom stereocenters. The number of phenols is 1. The summed E-state index contributed by atoms with van der Waals surface area (Å²) in [7, 11) is 0. The van der Waals surface area contributed by atoms with Gasteiger partial charge in [0.1, 0.15) is 10.8 Å². The molecule has 0 aliphatic carbocycles. The quantitative estimate of drug-likeness (QED) is 0.558. The topological polar surface area (TPSA) is 20.2 Å². The van der Waals surface area contributed by atoms with E-state index in [1.54, 1.807) is 0 Å². The van der Waals surface area contributed by atoms with Crippen molar-refractivity contribution in [3.8, 4) is 5.75 Å². The third-order valence-corrected chi connectivity index (χ3v) is 2.75. The van der Waals surface area contributed by atoms with Crippen LogP contribution in [0.3, 0.4) is 0 Å². The fourth-order valence-electron chi connectivity index (χ4n) is 0.557. The first kappa shape index (κ1) is 9.10. The molecule has 1 aromatic rings. The van der Waals surface area contributed by atoms with Crippen molar-refractivity contribution in [3.63, 3.8) is 0 Å². The highest BCUT2D eigenvalue weighted by Gasteiger charge is 2.12. The molecule has 11 heavy (non-hydrogen) atoms. The van der Waals surface area contributed by atoms with Gasteiger partial charge < -0.3 is 5.11 Å². The first-order chi connectivity index (χ1) is 5.04. The second kappa shape index (κ2) is 3.17. The van der Waals surface area contributed by atoms with Crippen molar-refractivity contribution in [3.05, 3.63) is 26.4 Å². The Morgan fingerprint density at radius 1 is 1.45 bits per heavy atom. The molecule has 60 valence electrons. The SMILES string of the molecule is Oc1c(Cl)cc(F)c(Br)c1Cl. The molecule has 5 heteroatoms. The van der Waals surface area contributed by atoms with E-state index in [2.05, 4.69) is 15.9 Å². The van der Waals surface area contributed by atoms with Crippen LogP contribution in [-0.2, 0) is 0 Å². The summed E-state index contributed by atoms with van der Waals surface area (Å²) in [6, 6.07) is 0.979. The summed E-state index contributed by atoms with van der Waals surface area (Å²) in [4.78, 5) is 0. The molecular weight excluding hydrogens is 258 g/mol. The van der Waals surface area contributed by atoms with Crippen molar-refractivity contribution in [2.75, 3.05) is 0 Å². The molecule has 0 heterocycles. The highest BCUT2D eigenvalue weighted by Crippen LogP contribution is 2.38. The molecular formula is C6H2BrCl2FO. The smallest absolute Gasteiger partial charge is 0.154 e. The fourth-order valence-corrected chi connectivity index (χ4v) is 1.29. The summed E-state index contributed by atoms with van der Waals surface area (Å²) in [5.41, 5.74) is 0. The van der Waals surface area contributed by atoms with Crippen molar-refractivity contribution >= 4 is 39.1 Å². The van der Waals surface area contributed by atoms with E-state index in [-0.39, 0.29) is 20.3 Å². The molecule has 0 aliphatic heterocycles. The Labute approximate surface area is 80.9 Å². The van der Waals surface area contributed by atoms with Crippen molar-refractivity contribution in [1.82, 2.24) is 0 Å². The molecule has 0 bridgehead atoms. The van der Waals surface area contributed by atoms with Crippen molar-refractivity contribution in [1.29, 1.82) is 0 Å². The summed E-state index contributed by atoms with van der Waals surface area (Å²) in [6.07, 6.45) is 0. The maximum absolute atomic E-state index is 12.7. The van der Waals surface area contributed by atoms with Crippen molar-refractivity contribution in [2.24, 2.45) is 0 Å². The van der Waals surface area contributed by atoms with Gasteiger partial charge in [-0.2, -0.15) is 0 Å². The minimum atomic E-state index is -0.599. The standard InChI is InChI=1S/C6H2BrCl2FO/c7-4-3(10)1-2(8)6(11)5(4)9/h1,11H. The maximum atomic E-state index is 12.7. The van der Waals surface area contributed by atoms with Crippen LogP contribution < -0.4 is 0 Å². The molecule has 0 radical (unpaired) electrons. The van der Waals surface area contributed by atoms with Crippen LogP contribution in [0.5, 0.6) is 5.75 Å². The van der Waals surface area contributed by atoms with Crippen LogP contribution in [0, 0.1) is 5.82 Å². The zero-order valence-corrected chi connectivity index (χ0v) is 8.13. The Hall–Kier alpha value is 0.01000. The van der Waals surface area contributed by atoms with Crippen molar-refractivity contribution < 1.29 is 9.50 Å². The van der Waals surface area contributed by atoms with Gasteiger partial charge in [0, 0.05) is 0 Å². The van der Waals surface area contributed by atoms with Gasteiger partial charge in [-0.25, -0.2) is 4.39 Å². The van der Waals surface area contributed by atoms with E-state index in [1.807, 2.05) is 0 Å². The summed E-state index contributed by atoms with van der Waals surface area (Å²) >= 11 is 13.7. The van der Waals surface area contributed by atoms with E-state index in [4.69, 9.17) is 28.3 Å². The van der Waals surface area contributed by atoms with E-state index in [1.165, 1.54) is 0 Å². The number of hydrogen-bond donors (Lipinski definition) is 1. The summed E-state index contributed by atoms with van der Waals surface area (Å²) < 4.78 is 12.7. The first-order valence-corrected chi connectivity index (χ1v) is 4.11. The number of halogens is 4. The minimum absolute atomic E-state index is 0.0149. The average molecular weight is 260 g/mol. The number of benzene rings is 1. The third kappa shape index (κ3) is 1.60. The van der Waals surface area contributed by atoms with Gasteiger partial charge in [0.25, 0.3) is 0 Å². The molecule has 1 nitrogen and oxygen atoms in total. The predicted octanol–water partition coefficient (Wildman–Crippen LogP) is 3.60. The molecule has 0 aliphatic rings. The molecule has 1 aromatic carbocycles. The molecule has 0 unspecified atom stereocenters. The van der Waals surface area contributed by atoms with Gasteiger partial charge in [0.15, 0.2) is 5.75 Å². The molecule has 0 saturated carbocycles. The summed E-state index contributed by atoms with van der Waals surface area (Å²) in [5.74, 6) is -0.917. The molecule has 0 aromatic heterocycles. The Morgan fingerprint density at radius 3 is 2.55 bits per heavy atom. The monoisotopic (exact) mass is 258 g/mol. The number of rotatable bonds is 0. The summed E-state index contributed by atoms with van der Waals surface area (Å²) in [5, 5.41) is 8.83. The lowest BCUT2D eigenvalue weighted by Crippen LogP contribution is -1.80. The van der Waals surface area contributed by atoms with Gasteiger partial charge in [-0.05, 0) is 22.0 Å². The molecule has 1 N–H and O–H groups in total. The van der Waals surface area contributed by atoms with Crippen molar-refractivity contribution in [2.45, 2.75) is 0 Å². The zero-order valence-electron chi connectivity index (χ0n) is 5.04. The Bertz CT molecular complexity index is 277. The lowest BCUT2D eigenvalue weighted by atomic mass is 10.3. The lowest BCUT2D eigenvalue weighted by molar-refractivity contribution is 0.473. The predicted molar refractivity (Wildman–Crippen MR) is 45.8 cm³/mol. The van der Waals surface area contributed by atoms with Crippen LogP contribution in [0.15, 0.2) is 10.5 Å². The number of phenolic OH excluding ortho intramolecular Hbond substituents is 1. The second-order valence-corrected chi connectivity index (χ2v) is 3.39. The van der Waals surface area contributed by atoms with E-state index >= 15 is 0 Å². The van der Waals surface area contributed by atoms with Gasteiger partial charge in [-0.1, -0.05) is 23.2 Å². The molecule has 0 amide bonds. The van der Waals surface area contributed by atoms with Gasteiger partial charge >= 0.3 is 0 Å². The Morgan fingerprint density at radius 2 is 2.00 bits per heavy atom. The van der Waals surface area contributed by atoms with Crippen LogP contribution in [0.4, 0.5) is 4.39 Å². The van der Waals surface area contributed by atoms with E-state index < -0.39 is 5.82 Å². The van der Waals surface area contributed by atoms with Crippen LogP contribution >= 0.6 is 39.1 Å². The zero-order chi connectivity index (χ0) is 8.59. The molecule has 0 fully saturated rings. The number of aromatic hydroxyl groups is 1. The van der Waals surface area contributed by atoms with Gasteiger partial charge in [0.05, 0.1) is 9.50 Å². The van der Waals surface area contributed by atoms with E-state index in [9.17, 15) is 4.39 Å². The van der Waals surface area contributed by atoms with Crippen LogP contribution in [0.25, 0.3) is 0 Å². The average Bonchev–Trinajstić information content (AvgIpc) is 1.97. The molecule has 0 saturated heterocycles. The normalized spacial score (nSPS) is 10.2. The highest BCUT2D eigenvalue weighted by atomic mass is 79.9. The molecule has 0 spiro atoms. The van der Waals surface area contributed by atoms with E-state index in [0.29, 0.717) is 0 Å².